The normalized spacial score (nSPS) is 46.7. The van der Waals surface area contributed by atoms with Crippen molar-refractivity contribution in [3.05, 3.63) is 0 Å². The third-order valence-electron chi connectivity index (χ3n) is 32.9. The fraction of sp³-hybridized carbons (Fsp3) is 1.00. The molecule has 520 valence electrons. The zero-order chi connectivity index (χ0) is 62.8. The Kier molecular flexibility index (Phi) is 26.7. The van der Waals surface area contributed by atoms with Gasteiger partial charge >= 0.3 is 0 Å². The fourth-order valence-corrected chi connectivity index (χ4v) is 28.7. The maximum Gasteiger partial charge on any atom is -0.0292 e. The molecule has 0 aromatic heterocycles. The second-order valence-electron chi connectivity index (χ2n) is 40.5. The molecule has 0 heteroatoms. The lowest BCUT2D eigenvalue weighted by molar-refractivity contribution is -0.0545. The molecule has 0 amide bonds. The molecular formula is C90H160. The predicted octanol–water partition coefficient (Wildman–Crippen LogP) is 28.8. The van der Waals surface area contributed by atoms with E-state index in [9.17, 15) is 0 Å². The lowest BCUT2D eigenvalue weighted by atomic mass is 9.49. The second kappa shape index (κ2) is 33.7. The molecule has 3 atom stereocenters. The molecule has 24 fully saturated rings. The van der Waals surface area contributed by atoms with Crippen LogP contribution in [0.15, 0.2) is 0 Å². The van der Waals surface area contributed by atoms with Crippen LogP contribution >= 0.6 is 0 Å². The fourth-order valence-electron chi connectivity index (χ4n) is 28.7. The molecule has 24 aliphatic carbocycles. The van der Waals surface area contributed by atoms with Crippen LogP contribution in [0.1, 0.15) is 410 Å². The van der Waals surface area contributed by atoms with Gasteiger partial charge in [-0.2, -0.15) is 0 Å². The quantitative estimate of drug-likeness (QED) is 0.263. The summed E-state index contributed by atoms with van der Waals surface area (Å²) in [6.45, 7) is 24.1. The average Bonchev–Trinajstić information content (AvgIpc) is 1.61. The average molecular weight is 1240 g/mol. The predicted molar refractivity (Wildman–Crippen MR) is 393 cm³/mol. The molecule has 24 aliphatic rings. The number of hydrogen-bond acceptors (Lipinski definition) is 0. The maximum absolute atomic E-state index is 2.54. The minimum absolute atomic E-state index is 0.800. The number of rotatable bonds is 4. The van der Waals surface area contributed by atoms with E-state index >= 15 is 0 Å². The van der Waals surface area contributed by atoms with Gasteiger partial charge in [-0.25, -0.2) is 0 Å². The zero-order valence-corrected chi connectivity index (χ0v) is 62.8. The van der Waals surface area contributed by atoms with Gasteiger partial charge in [-0.15, -0.1) is 0 Å². The first-order chi connectivity index (χ1) is 43.5. The Bertz CT molecular complexity index is 1870. The van der Waals surface area contributed by atoms with Crippen LogP contribution in [-0.4, -0.2) is 0 Å². The Morgan fingerprint density at radius 3 is 0.856 bits per heavy atom. The van der Waals surface area contributed by atoms with Gasteiger partial charge in [0.15, 0.2) is 0 Å². The van der Waals surface area contributed by atoms with Crippen molar-refractivity contribution in [2.75, 3.05) is 0 Å². The topological polar surface area (TPSA) is 0 Å². The smallest absolute Gasteiger partial charge is 0.0292 e. The highest BCUT2D eigenvalue weighted by atomic mass is 14.6. The van der Waals surface area contributed by atoms with E-state index in [1.54, 1.807) is 173 Å². The first-order valence-corrected chi connectivity index (χ1v) is 43.5. The van der Waals surface area contributed by atoms with Gasteiger partial charge in [0, 0.05) is 0 Å². The van der Waals surface area contributed by atoms with Gasteiger partial charge in [-0.3, -0.25) is 0 Å². The van der Waals surface area contributed by atoms with E-state index in [1.165, 1.54) is 167 Å². The van der Waals surface area contributed by atoms with Gasteiger partial charge < -0.3 is 0 Å². The highest BCUT2D eigenvalue weighted by molar-refractivity contribution is 5.03. The molecule has 0 aromatic rings. The maximum atomic E-state index is 2.54. The van der Waals surface area contributed by atoms with E-state index in [-0.39, 0.29) is 0 Å². The lowest BCUT2D eigenvalue weighted by Crippen LogP contribution is -2.45. The summed E-state index contributed by atoms with van der Waals surface area (Å²) in [5, 5.41) is 0. The van der Waals surface area contributed by atoms with Gasteiger partial charge in [0.1, 0.15) is 0 Å². The van der Waals surface area contributed by atoms with E-state index in [4.69, 9.17) is 0 Å². The highest BCUT2D eigenvalue weighted by Gasteiger charge is 2.52. The molecule has 90 heavy (non-hydrogen) atoms. The van der Waals surface area contributed by atoms with Crippen LogP contribution in [0.5, 0.6) is 0 Å². The van der Waals surface area contributed by atoms with Crippen LogP contribution in [0.3, 0.4) is 0 Å². The molecule has 0 nitrogen and oxygen atoms in total. The lowest BCUT2D eigenvalue weighted by Gasteiger charge is -2.56. The largest absolute Gasteiger partial charge is 0.0651 e. The number of fused-ring (bicyclic) bond motifs is 4. The van der Waals surface area contributed by atoms with Crippen LogP contribution in [-0.2, 0) is 0 Å². The van der Waals surface area contributed by atoms with Crippen LogP contribution in [0.25, 0.3) is 0 Å². The summed E-state index contributed by atoms with van der Waals surface area (Å²) < 4.78 is 0. The standard InChI is InChI=1S/2C12H20.2C11H18.2C8H14.C8H16.2C7H14.C6H12/c1-2-12-6-9-3-10(7-12)5-11(4-9)8-12;1-2-12-10-4-8-3-9(6-10)7-11(12)5-8;1-11-5-8-2-9(6-11)4-10(3-8)7-11;1-7-10-3-8-2-9(5-10)6-11(7)4-8;1-8-4-2-7(6-8)3-5-8;1-6-4-7-2-3-8(6)5-7;1-2-8-6-4-3-5-7-8;1-7-5-3-2-4-6-7;1-2-7-5-3-4-6-7;1-6-4-2-3-5-6/h9-11H,2-8H2,1H3;8-12H,2-7H2,1H3;8-10H,2-7H2,1H3;7-11H,2-6H2,1H3;7H,2-6H2,1H3;6-8H,2-5H2,1H3;8H,2-7H2,1H3;2*7H,2-6H2,1H3;6H,2-5H2,1H3. The highest BCUT2D eigenvalue weighted by Crippen LogP contribution is 2.63. The van der Waals surface area contributed by atoms with E-state index in [2.05, 4.69) is 69.2 Å². The molecule has 0 saturated heterocycles. The van der Waals surface area contributed by atoms with Crippen molar-refractivity contribution >= 4 is 0 Å². The van der Waals surface area contributed by atoms with Crippen molar-refractivity contribution in [3.8, 4) is 0 Å². The van der Waals surface area contributed by atoms with Crippen molar-refractivity contribution in [1.29, 1.82) is 0 Å². The van der Waals surface area contributed by atoms with Gasteiger partial charge in [0.2, 0.25) is 0 Å². The van der Waals surface area contributed by atoms with Crippen molar-refractivity contribution in [2.45, 2.75) is 410 Å². The minimum Gasteiger partial charge on any atom is -0.0651 e. The molecule has 24 rings (SSSR count). The van der Waals surface area contributed by atoms with Crippen LogP contribution < -0.4 is 0 Å². The molecular weight excluding hydrogens is 1080 g/mol. The summed E-state index contributed by atoms with van der Waals surface area (Å²) in [5.41, 5.74) is 2.45. The van der Waals surface area contributed by atoms with Gasteiger partial charge in [0.05, 0.1) is 0 Å². The summed E-state index contributed by atoms with van der Waals surface area (Å²) in [6, 6.07) is 0. The minimum atomic E-state index is 0.800. The summed E-state index contributed by atoms with van der Waals surface area (Å²) in [5.74, 6) is 27.1. The number of hydrogen-bond donors (Lipinski definition) is 0. The molecule has 3 unspecified atom stereocenters. The van der Waals surface area contributed by atoms with Crippen molar-refractivity contribution < 1.29 is 0 Å². The van der Waals surface area contributed by atoms with Crippen molar-refractivity contribution in [3.63, 3.8) is 0 Å². The van der Waals surface area contributed by atoms with E-state index in [0.29, 0.717) is 0 Å². The summed E-state index contributed by atoms with van der Waals surface area (Å²) in [6.07, 6.45) is 81.6. The Labute approximate surface area is 564 Å². The first kappa shape index (κ1) is 71.3. The van der Waals surface area contributed by atoms with Crippen molar-refractivity contribution in [2.24, 2.45) is 158 Å². The van der Waals surface area contributed by atoms with E-state index < -0.39 is 0 Å². The monoisotopic (exact) mass is 1240 g/mol. The van der Waals surface area contributed by atoms with E-state index in [0.717, 1.165) is 158 Å². The second-order valence-corrected chi connectivity index (χ2v) is 40.5. The molecule has 20 bridgehead atoms. The zero-order valence-electron chi connectivity index (χ0n) is 62.8. The molecule has 0 aliphatic heterocycles. The summed E-state index contributed by atoms with van der Waals surface area (Å²) >= 11 is 0. The SMILES string of the molecule is CC12CC3CC(CC(C3)C1)C2.CC12CCC(CC1)C2.CC1C2CC3CC(C2)CC1C3.CC1CC2CCC1C2.CC1CCCC1.CC1CCCCC1.CCC12CC3CC(CC(C3)C1)C2.CCC1C2CC3CC(C2)CC1C3.CCC1CCCC1.CCC1CCCCC1. The first-order valence-electron chi connectivity index (χ1n) is 43.5. The molecule has 0 aromatic carbocycles. The molecule has 24 saturated carbocycles. The Morgan fingerprint density at radius 1 is 0.267 bits per heavy atom. The van der Waals surface area contributed by atoms with Crippen LogP contribution in [0, 0.1) is 158 Å². The van der Waals surface area contributed by atoms with Gasteiger partial charge in [-0.05, 0) is 351 Å². The Hall–Kier alpha value is 0. The Balaban J connectivity index is 0.000000104. The van der Waals surface area contributed by atoms with E-state index in [1.807, 2.05) is 0 Å². The van der Waals surface area contributed by atoms with Gasteiger partial charge in [-0.1, -0.05) is 217 Å². The Morgan fingerprint density at radius 2 is 0.611 bits per heavy atom. The third-order valence-corrected chi connectivity index (χ3v) is 32.9. The van der Waals surface area contributed by atoms with Crippen LogP contribution in [0.2, 0.25) is 0 Å². The van der Waals surface area contributed by atoms with Gasteiger partial charge in [0.25, 0.3) is 0 Å². The summed E-state index contributed by atoms with van der Waals surface area (Å²) in [7, 11) is 0. The molecule has 0 radical (unpaired) electrons. The molecule has 0 spiro atoms. The van der Waals surface area contributed by atoms with Crippen LogP contribution in [0.4, 0.5) is 0 Å². The summed E-state index contributed by atoms with van der Waals surface area (Å²) in [4.78, 5) is 0. The third kappa shape index (κ3) is 19.9. The van der Waals surface area contributed by atoms with Crippen molar-refractivity contribution in [1.82, 2.24) is 0 Å². The molecule has 0 N–H and O–H groups in total. The molecule has 0 heterocycles.